The Bertz CT molecular complexity index is 466. The highest BCUT2D eigenvalue weighted by Crippen LogP contribution is 2.29. The Morgan fingerprint density at radius 2 is 1.76 bits per heavy atom. The smallest absolute Gasteiger partial charge is 0.239 e. The minimum Gasteiger partial charge on any atom is -0.348 e. The van der Waals surface area contributed by atoms with E-state index in [2.05, 4.69) is 31.4 Å². The molecule has 0 aliphatic rings. The van der Waals surface area contributed by atoms with Gasteiger partial charge in [-0.1, -0.05) is 51.1 Å². The normalized spacial score (nSPS) is 12.6. The molecule has 1 aromatic rings. The first-order valence-electron chi connectivity index (χ1n) is 7.13. The quantitative estimate of drug-likeness (QED) is 0.740. The average Bonchev–Trinajstić information content (AvgIpc) is 2.43. The van der Waals surface area contributed by atoms with Crippen LogP contribution in [0.5, 0.6) is 0 Å². The second-order valence-electron chi connectivity index (χ2n) is 6.28. The summed E-state index contributed by atoms with van der Waals surface area (Å²) in [6.07, 6.45) is 0.813. The van der Waals surface area contributed by atoms with Crippen molar-refractivity contribution in [1.29, 1.82) is 0 Å². The van der Waals surface area contributed by atoms with Gasteiger partial charge in [-0.2, -0.15) is 0 Å². The molecule has 0 saturated carbocycles. The fraction of sp³-hybridized carbons (Fsp3) is 0.500. The van der Waals surface area contributed by atoms with E-state index in [4.69, 9.17) is 5.73 Å². The van der Waals surface area contributed by atoms with Crippen molar-refractivity contribution in [3.05, 3.63) is 35.9 Å². The molecule has 1 rings (SSSR count). The number of amides is 2. The molecule has 0 spiro atoms. The van der Waals surface area contributed by atoms with Crippen LogP contribution in [-0.4, -0.2) is 24.9 Å². The van der Waals surface area contributed by atoms with E-state index in [-0.39, 0.29) is 36.4 Å². The predicted molar refractivity (Wildman–Crippen MR) is 83.5 cm³/mol. The number of hydrogen-bond donors (Lipinski definition) is 3. The molecule has 0 fully saturated rings. The van der Waals surface area contributed by atoms with Gasteiger partial charge in [0.15, 0.2) is 0 Å². The molecule has 5 heteroatoms. The standard InChI is InChI=1S/C16H25N3O2/c1-16(2,3)9-13(12-7-5-4-6-8-12)19-15(21)11-18-14(20)10-17/h4-8,13H,9-11,17H2,1-3H3,(H,18,20)(H,19,21). The molecule has 0 heterocycles. The van der Waals surface area contributed by atoms with E-state index in [0.29, 0.717) is 0 Å². The number of benzene rings is 1. The SMILES string of the molecule is CC(C)(C)CC(NC(=O)CNC(=O)CN)c1ccccc1. The van der Waals surface area contributed by atoms with Crippen LogP contribution in [0.1, 0.15) is 38.8 Å². The number of rotatable bonds is 6. The number of carbonyl (C=O) groups is 2. The highest BCUT2D eigenvalue weighted by atomic mass is 16.2. The Morgan fingerprint density at radius 1 is 1.14 bits per heavy atom. The summed E-state index contributed by atoms with van der Waals surface area (Å²) < 4.78 is 0. The highest BCUT2D eigenvalue weighted by Gasteiger charge is 2.21. The molecule has 0 saturated heterocycles. The summed E-state index contributed by atoms with van der Waals surface area (Å²) in [6, 6.07) is 9.76. The van der Waals surface area contributed by atoms with Crippen molar-refractivity contribution >= 4 is 11.8 Å². The molecule has 0 bridgehead atoms. The van der Waals surface area contributed by atoms with Crippen LogP contribution >= 0.6 is 0 Å². The lowest BCUT2D eigenvalue weighted by Gasteiger charge is -2.27. The fourth-order valence-corrected chi connectivity index (χ4v) is 2.05. The lowest BCUT2D eigenvalue weighted by molar-refractivity contribution is -0.125. The van der Waals surface area contributed by atoms with Gasteiger partial charge in [-0.25, -0.2) is 0 Å². The molecule has 2 amide bonds. The molecule has 0 radical (unpaired) electrons. The molecule has 0 aromatic heterocycles. The number of hydrogen-bond acceptors (Lipinski definition) is 3. The second kappa shape index (κ2) is 7.78. The van der Waals surface area contributed by atoms with Crippen molar-refractivity contribution in [3.8, 4) is 0 Å². The Hall–Kier alpha value is -1.88. The maximum atomic E-state index is 12.0. The Balaban J connectivity index is 2.70. The number of carbonyl (C=O) groups excluding carboxylic acids is 2. The average molecular weight is 291 g/mol. The van der Waals surface area contributed by atoms with Crippen molar-refractivity contribution in [2.24, 2.45) is 11.1 Å². The van der Waals surface area contributed by atoms with Crippen molar-refractivity contribution in [3.63, 3.8) is 0 Å². The van der Waals surface area contributed by atoms with Crippen LogP contribution in [-0.2, 0) is 9.59 Å². The van der Waals surface area contributed by atoms with Gasteiger partial charge in [-0.3, -0.25) is 9.59 Å². The molecule has 1 aromatic carbocycles. The largest absolute Gasteiger partial charge is 0.348 e. The van der Waals surface area contributed by atoms with E-state index in [1.54, 1.807) is 0 Å². The maximum Gasteiger partial charge on any atom is 0.239 e. The molecular formula is C16H25N3O2. The summed E-state index contributed by atoms with van der Waals surface area (Å²) in [7, 11) is 0. The topological polar surface area (TPSA) is 84.2 Å². The first kappa shape index (κ1) is 17.2. The summed E-state index contributed by atoms with van der Waals surface area (Å²) in [4.78, 5) is 23.1. The summed E-state index contributed by atoms with van der Waals surface area (Å²) in [5.41, 5.74) is 6.33. The van der Waals surface area contributed by atoms with Gasteiger partial charge in [0.2, 0.25) is 11.8 Å². The summed E-state index contributed by atoms with van der Waals surface area (Å²) >= 11 is 0. The zero-order valence-electron chi connectivity index (χ0n) is 13.0. The van der Waals surface area contributed by atoms with E-state index >= 15 is 0 Å². The predicted octanol–water partition coefficient (Wildman–Crippen LogP) is 1.36. The molecule has 21 heavy (non-hydrogen) atoms. The van der Waals surface area contributed by atoms with Crippen LogP contribution < -0.4 is 16.4 Å². The Morgan fingerprint density at radius 3 is 2.29 bits per heavy atom. The number of nitrogens with one attached hydrogen (secondary N) is 2. The maximum absolute atomic E-state index is 12.0. The molecule has 1 unspecified atom stereocenters. The van der Waals surface area contributed by atoms with E-state index in [1.807, 2.05) is 30.3 Å². The third-order valence-corrected chi connectivity index (χ3v) is 2.99. The molecule has 4 N–H and O–H groups in total. The first-order valence-corrected chi connectivity index (χ1v) is 7.13. The van der Waals surface area contributed by atoms with Gasteiger partial charge in [0.05, 0.1) is 19.1 Å². The van der Waals surface area contributed by atoms with Gasteiger partial charge < -0.3 is 16.4 Å². The van der Waals surface area contributed by atoms with E-state index in [1.165, 1.54) is 0 Å². The molecule has 5 nitrogen and oxygen atoms in total. The summed E-state index contributed by atoms with van der Waals surface area (Å²) in [6.45, 7) is 6.22. The van der Waals surface area contributed by atoms with Gasteiger partial charge in [-0.15, -0.1) is 0 Å². The monoisotopic (exact) mass is 291 g/mol. The van der Waals surface area contributed by atoms with Gasteiger partial charge in [0, 0.05) is 0 Å². The van der Waals surface area contributed by atoms with Crippen LogP contribution in [0.2, 0.25) is 0 Å². The van der Waals surface area contributed by atoms with Crippen LogP contribution in [0.25, 0.3) is 0 Å². The lowest BCUT2D eigenvalue weighted by Crippen LogP contribution is -2.41. The van der Waals surface area contributed by atoms with Crippen molar-refractivity contribution in [2.75, 3.05) is 13.1 Å². The van der Waals surface area contributed by atoms with Crippen LogP contribution in [0, 0.1) is 5.41 Å². The van der Waals surface area contributed by atoms with Gasteiger partial charge in [0.25, 0.3) is 0 Å². The Kier molecular flexibility index (Phi) is 6.37. The van der Waals surface area contributed by atoms with Gasteiger partial charge in [-0.05, 0) is 17.4 Å². The van der Waals surface area contributed by atoms with E-state index < -0.39 is 0 Å². The third-order valence-electron chi connectivity index (χ3n) is 2.99. The number of nitrogens with two attached hydrogens (primary N) is 1. The van der Waals surface area contributed by atoms with Crippen LogP contribution in [0.3, 0.4) is 0 Å². The minimum absolute atomic E-state index is 0.0521. The lowest BCUT2D eigenvalue weighted by atomic mass is 9.85. The van der Waals surface area contributed by atoms with Crippen molar-refractivity contribution in [2.45, 2.75) is 33.2 Å². The first-order chi connectivity index (χ1) is 9.81. The Labute approximate surface area is 126 Å². The van der Waals surface area contributed by atoms with Gasteiger partial charge in [0.1, 0.15) is 0 Å². The third kappa shape index (κ3) is 6.90. The second-order valence-corrected chi connectivity index (χ2v) is 6.28. The summed E-state index contributed by atoms with van der Waals surface area (Å²) in [5.74, 6) is -0.549. The molecule has 1 atom stereocenters. The van der Waals surface area contributed by atoms with Crippen molar-refractivity contribution in [1.82, 2.24) is 10.6 Å². The zero-order chi connectivity index (χ0) is 15.9. The van der Waals surface area contributed by atoms with Crippen molar-refractivity contribution < 1.29 is 9.59 Å². The van der Waals surface area contributed by atoms with E-state index in [9.17, 15) is 9.59 Å². The molecular weight excluding hydrogens is 266 g/mol. The van der Waals surface area contributed by atoms with Crippen LogP contribution in [0.15, 0.2) is 30.3 Å². The van der Waals surface area contributed by atoms with E-state index in [0.717, 1.165) is 12.0 Å². The zero-order valence-corrected chi connectivity index (χ0v) is 13.0. The minimum atomic E-state index is -0.336. The molecule has 0 aliphatic heterocycles. The van der Waals surface area contributed by atoms with Gasteiger partial charge >= 0.3 is 0 Å². The highest BCUT2D eigenvalue weighted by molar-refractivity contribution is 5.85. The molecule has 0 aliphatic carbocycles. The van der Waals surface area contributed by atoms with Crippen LogP contribution in [0.4, 0.5) is 0 Å². The summed E-state index contributed by atoms with van der Waals surface area (Å²) in [5, 5.41) is 5.45. The fourth-order valence-electron chi connectivity index (χ4n) is 2.05. The molecule has 116 valence electrons.